The van der Waals surface area contributed by atoms with Crippen molar-refractivity contribution >= 4 is 29.3 Å². The molecule has 40 heavy (non-hydrogen) atoms. The van der Waals surface area contributed by atoms with E-state index in [1.54, 1.807) is 30.3 Å². The van der Waals surface area contributed by atoms with E-state index in [2.05, 4.69) is 5.32 Å². The first kappa shape index (κ1) is 29.3. The Morgan fingerprint density at radius 3 is 2.30 bits per heavy atom. The lowest BCUT2D eigenvalue weighted by Gasteiger charge is -2.33. The second kappa shape index (κ2) is 14.6. The third-order valence-corrected chi connectivity index (χ3v) is 8.15. The maximum atomic E-state index is 14.7. The number of hydrogen-bond acceptors (Lipinski definition) is 5. The van der Waals surface area contributed by atoms with Crippen LogP contribution in [0, 0.1) is 15.9 Å². The van der Waals surface area contributed by atoms with Crippen molar-refractivity contribution in [2.75, 3.05) is 5.75 Å². The van der Waals surface area contributed by atoms with Crippen LogP contribution >= 0.6 is 11.8 Å². The van der Waals surface area contributed by atoms with Gasteiger partial charge in [0.15, 0.2) is 0 Å². The number of non-ortho nitro benzene ring substituents is 1. The van der Waals surface area contributed by atoms with Gasteiger partial charge in [0.2, 0.25) is 11.8 Å². The van der Waals surface area contributed by atoms with Gasteiger partial charge in [0, 0.05) is 42.5 Å². The Morgan fingerprint density at radius 1 is 0.950 bits per heavy atom. The topological polar surface area (TPSA) is 92.6 Å². The number of amides is 2. The molecule has 0 bridgehead atoms. The van der Waals surface area contributed by atoms with Gasteiger partial charge in [0.05, 0.1) is 10.7 Å². The van der Waals surface area contributed by atoms with Crippen molar-refractivity contribution in [3.05, 3.63) is 111 Å². The van der Waals surface area contributed by atoms with E-state index < -0.39 is 16.8 Å². The van der Waals surface area contributed by atoms with E-state index in [1.807, 2.05) is 30.3 Å². The number of halogens is 1. The van der Waals surface area contributed by atoms with Crippen LogP contribution in [0.2, 0.25) is 0 Å². The zero-order chi connectivity index (χ0) is 28.3. The third-order valence-electron chi connectivity index (χ3n) is 7.16. The first-order valence-corrected chi connectivity index (χ1v) is 14.7. The molecule has 1 fully saturated rings. The van der Waals surface area contributed by atoms with E-state index in [0.29, 0.717) is 17.7 Å². The average molecular weight is 564 g/mol. The molecule has 1 aliphatic rings. The Hall–Kier alpha value is -3.72. The fraction of sp³-hybridized carbons (Fsp3) is 0.355. The molecule has 0 aromatic heterocycles. The second-order valence-electron chi connectivity index (χ2n) is 10.1. The summed E-state index contributed by atoms with van der Waals surface area (Å²) in [6.45, 7) is -0.0286. The van der Waals surface area contributed by atoms with Crippen LogP contribution in [-0.2, 0) is 28.3 Å². The van der Waals surface area contributed by atoms with Gasteiger partial charge < -0.3 is 10.2 Å². The third kappa shape index (κ3) is 8.39. The normalized spacial score (nSPS) is 14.3. The maximum Gasteiger partial charge on any atom is 0.269 e. The summed E-state index contributed by atoms with van der Waals surface area (Å²) in [5.74, 6) is -0.372. The molecule has 0 spiro atoms. The Kier molecular flexibility index (Phi) is 10.7. The zero-order valence-electron chi connectivity index (χ0n) is 22.3. The van der Waals surface area contributed by atoms with Crippen LogP contribution in [0.5, 0.6) is 0 Å². The van der Waals surface area contributed by atoms with Gasteiger partial charge >= 0.3 is 0 Å². The Morgan fingerprint density at radius 2 is 1.62 bits per heavy atom. The molecule has 4 rings (SSSR count). The fourth-order valence-corrected chi connectivity index (χ4v) is 5.83. The first-order chi connectivity index (χ1) is 19.4. The summed E-state index contributed by atoms with van der Waals surface area (Å²) in [5, 5.41) is 14.1. The molecule has 3 aromatic carbocycles. The van der Waals surface area contributed by atoms with Gasteiger partial charge in [-0.1, -0.05) is 79.9 Å². The van der Waals surface area contributed by atoms with Crippen molar-refractivity contribution in [3.63, 3.8) is 0 Å². The van der Waals surface area contributed by atoms with E-state index in [4.69, 9.17) is 0 Å². The Bertz CT molecular complexity index is 1280. The molecule has 3 aromatic rings. The molecular weight excluding hydrogens is 529 g/mol. The Labute approximate surface area is 238 Å². The predicted molar refractivity (Wildman–Crippen MR) is 155 cm³/mol. The summed E-state index contributed by atoms with van der Waals surface area (Å²) in [6.07, 6.45) is 5.42. The highest BCUT2D eigenvalue weighted by molar-refractivity contribution is 7.99. The van der Waals surface area contributed by atoms with Gasteiger partial charge in [0.1, 0.15) is 11.9 Å². The standard InChI is InChI=1S/C31H34FN3O4S/c32-28-14-8-7-11-25(28)20-34(30(36)22-40-21-24-15-17-27(18-16-24)35(38)39)29(19-23-9-3-1-4-10-23)31(37)33-26-12-5-2-6-13-26/h1,3-4,7-11,14-18,26,29H,2,5-6,12-13,19-22H2,(H,33,37)/t29-/m0/s1. The molecule has 210 valence electrons. The highest BCUT2D eigenvalue weighted by Crippen LogP contribution is 2.22. The minimum atomic E-state index is -0.809. The SMILES string of the molecule is O=C(NC1CCCCC1)[C@H](Cc1ccccc1)N(Cc1ccccc1F)C(=O)CSCc1ccc([N+](=O)[O-])cc1. The number of nitrogens with zero attached hydrogens (tertiary/aromatic N) is 2. The largest absolute Gasteiger partial charge is 0.352 e. The van der Waals surface area contributed by atoms with Crippen LogP contribution in [0.4, 0.5) is 10.1 Å². The lowest BCUT2D eigenvalue weighted by atomic mass is 9.94. The summed E-state index contributed by atoms with van der Waals surface area (Å²) in [6, 6.07) is 21.3. The number of nitro benzene ring substituents is 1. The summed E-state index contributed by atoms with van der Waals surface area (Å²) in [4.78, 5) is 39.5. The van der Waals surface area contributed by atoms with E-state index in [1.165, 1.54) is 34.9 Å². The monoisotopic (exact) mass is 563 g/mol. The highest BCUT2D eigenvalue weighted by atomic mass is 32.2. The summed E-state index contributed by atoms with van der Waals surface area (Å²) in [5.41, 5.74) is 2.12. The van der Waals surface area contributed by atoms with Gasteiger partial charge in [-0.15, -0.1) is 11.8 Å². The van der Waals surface area contributed by atoms with Gasteiger partial charge in [-0.05, 0) is 30.0 Å². The number of rotatable bonds is 12. The molecule has 0 unspecified atom stereocenters. The van der Waals surface area contributed by atoms with Gasteiger partial charge in [0.25, 0.3) is 5.69 Å². The number of thioether (sulfide) groups is 1. The van der Waals surface area contributed by atoms with Gasteiger partial charge in [-0.25, -0.2) is 4.39 Å². The summed E-state index contributed by atoms with van der Waals surface area (Å²) in [7, 11) is 0. The van der Waals surface area contributed by atoms with Crippen LogP contribution in [-0.4, -0.2) is 39.5 Å². The quantitative estimate of drug-likeness (QED) is 0.214. The lowest BCUT2D eigenvalue weighted by Crippen LogP contribution is -2.53. The van der Waals surface area contributed by atoms with Crippen LogP contribution in [0.3, 0.4) is 0 Å². The second-order valence-corrected chi connectivity index (χ2v) is 11.1. The minimum Gasteiger partial charge on any atom is -0.352 e. The molecular formula is C31H34FN3O4S. The number of nitrogens with one attached hydrogen (secondary N) is 1. The summed E-state index contributed by atoms with van der Waals surface area (Å²) >= 11 is 1.36. The van der Waals surface area contributed by atoms with Gasteiger partial charge in [-0.2, -0.15) is 0 Å². The van der Waals surface area contributed by atoms with Gasteiger partial charge in [-0.3, -0.25) is 19.7 Å². The van der Waals surface area contributed by atoms with Crippen LogP contribution in [0.15, 0.2) is 78.9 Å². The van der Waals surface area contributed by atoms with E-state index in [-0.39, 0.29) is 35.8 Å². The average Bonchev–Trinajstić information content (AvgIpc) is 2.97. The van der Waals surface area contributed by atoms with E-state index in [0.717, 1.165) is 43.2 Å². The molecule has 9 heteroatoms. The molecule has 2 amide bonds. The molecule has 1 saturated carbocycles. The van der Waals surface area contributed by atoms with Crippen LogP contribution < -0.4 is 5.32 Å². The molecule has 0 heterocycles. The van der Waals surface area contributed by atoms with Crippen molar-refractivity contribution in [2.24, 2.45) is 0 Å². The molecule has 0 aliphatic heterocycles. The molecule has 1 atom stereocenters. The fourth-order valence-electron chi connectivity index (χ4n) is 4.96. The van der Waals surface area contributed by atoms with Crippen molar-refractivity contribution in [1.82, 2.24) is 10.2 Å². The van der Waals surface area contributed by atoms with Crippen LogP contribution in [0.1, 0.15) is 48.8 Å². The lowest BCUT2D eigenvalue weighted by molar-refractivity contribution is -0.384. The van der Waals surface area contributed by atoms with Crippen molar-refractivity contribution in [1.29, 1.82) is 0 Å². The Balaban J connectivity index is 1.55. The number of carbonyl (C=O) groups is 2. The molecule has 7 nitrogen and oxygen atoms in total. The summed E-state index contributed by atoms with van der Waals surface area (Å²) < 4.78 is 14.7. The number of benzene rings is 3. The van der Waals surface area contributed by atoms with E-state index in [9.17, 15) is 24.1 Å². The first-order valence-electron chi connectivity index (χ1n) is 13.6. The minimum absolute atomic E-state index is 0.00798. The number of hydrogen-bond donors (Lipinski definition) is 1. The molecule has 1 aliphatic carbocycles. The smallest absolute Gasteiger partial charge is 0.269 e. The van der Waals surface area contributed by atoms with E-state index >= 15 is 0 Å². The molecule has 0 radical (unpaired) electrons. The van der Waals surface area contributed by atoms with Crippen LogP contribution in [0.25, 0.3) is 0 Å². The van der Waals surface area contributed by atoms with Crippen molar-refractivity contribution in [2.45, 2.75) is 62.9 Å². The zero-order valence-corrected chi connectivity index (χ0v) is 23.2. The maximum absolute atomic E-state index is 14.7. The predicted octanol–water partition coefficient (Wildman–Crippen LogP) is 6.06. The molecule has 0 saturated heterocycles. The highest BCUT2D eigenvalue weighted by Gasteiger charge is 2.32. The number of carbonyl (C=O) groups excluding carboxylic acids is 2. The van der Waals surface area contributed by atoms with Crippen molar-refractivity contribution < 1.29 is 18.9 Å². The molecule has 1 N–H and O–H groups in total. The number of nitro groups is 1. The van der Waals surface area contributed by atoms with Crippen molar-refractivity contribution in [3.8, 4) is 0 Å².